The molecule has 1 fully saturated rings. The van der Waals surface area contributed by atoms with Crippen LogP contribution < -0.4 is 0 Å². The fourth-order valence-electron chi connectivity index (χ4n) is 2.00. The van der Waals surface area contributed by atoms with Gasteiger partial charge in [-0.05, 0) is 31.0 Å². The molecule has 3 nitrogen and oxygen atoms in total. The summed E-state index contributed by atoms with van der Waals surface area (Å²) in [5.74, 6) is -3.75. The molecule has 1 aliphatic carbocycles. The summed E-state index contributed by atoms with van der Waals surface area (Å²) in [6, 6.07) is 2.47. The van der Waals surface area contributed by atoms with Gasteiger partial charge in [0.1, 0.15) is 17.0 Å². The molecular weight excluding hydrogens is 230 g/mol. The van der Waals surface area contributed by atoms with Gasteiger partial charge in [0.05, 0.1) is 5.56 Å². The molecule has 0 saturated heterocycles. The average Bonchev–Trinajstić information content (AvgIpc) is 2.19. The van der Waals surface area contributed by atoms with Crippen LogP contribution in [0.5, 0.6) is 0 Å². The van der Waals surface area contributed by atoms with Crippen molar-refractivity contribution in [3.63, 3.8) is 0 Å². The van der Waals surface area contributed by atoms with E-state index in [-0.39, 0.29) is 12.8 Å². The van der Waals surface area contributed by atoms with Gasteiger partial charge in [0.2, 0.25) is 0 Å². The lowest BCUT2D eigenvalue weighted by atomic mass is 9.64. The van der Waals surface area contributed by atoms with Crippen LogP contribution in [0.25, 0.3) is 0 Å². The third kappa shape index (κ3) is 1.71. The van der Waals surface area contributed by atoms with Gasteiger partial charge in [0.15, 0.2) is 5.78 Å². The van der Waals surface area contributed by atoms with E-state index in [0.29, 0.717) is 6.42 Å². The van der Waals surface area contributed by atoms with E-state index >= 15 is 0 Å². The molecule has 1 aromatic rings. The molecule has 1 saturated carbocycles. The molecule has 0 amide bonds. The van der Waals surface area contributed by atoms with Gasteiger partial charge >= 0.3 is 5.97 Å². The Morgan fingerprint density at radius 3 is 2.35 bits per heavy atom. The Bertz CT molecular complexity index is 493. The summed E-state index contributed by atoms with van der Waals surface area (Å²) in [5, 5.41) is 9.04. The first-order chi connectivity index (χ1) is 7.97. The summed E-state index contributed by atoms with van der Waals surface area (Å²) in [7, 11) is 0. The molecule has 0 aromatic heterocycles. The smallest absolute Gasteiger partial charge is 0.317 e. The highest BCUT2D eigenvalue weighted by Crippen LogP contribution is 2.44. The van der Waals surface area contributed by atoms with Gasteiger partial charge in [-0.25, -0.2) is 8.78 Å². The van der Waals surface area contributed by atoms with Crippen molar-refractivity contribution in [2.75, 3.05) is 0 Å². The maximum Gasteiger partial charge on any atom is 0.317 e. The Kier molecular flexibility index (Phi) is 2.69. The Balaban J connectivity index is 2.43. The van der Waals surface area contributed by atoms with Crippen LogP contribution in [-0.4, -0.2) is 16.9 Å². The number of carbonyl (C=O) groups is 2. The third-order valence-electron chi connectivity index (χ3n) is 3.22. The molecule has 0 bridgehead atoms. The molecule has 0 heterocycles. The Labute approximate surface area is 96.1 Å². The van der Waals surface area contributed by atoms with Gasteiger partial charge in [0.25, 0.3) is 0 Å². The van der Waals surface area contributed by atoms with E-state index in [9.17, 15) is 18.4 Å². The van der Waals surface area contributed by atoms with E-state index in [4.69, 9.17) is 5.11 Å². The number of carboxylic acid groups (broad SMARTS) is 1. The molecular formula is C12H10F2O3. The molecule has 17 heavy (non-hydrogen) atoms. The lowest BCUT2D eigenvalue weighted by molar-refractivity contribution is -0.150. The van der Waals surface area contributed by atoms with E-state index in [0.717, 1.165) is 18.2 Å². The molecule has 0 spiro atoms. The molecule has 90 valence electrons. The van der Waals surface area contributed by atoms with Crippen LogP contribution in [0.3, 0.4) is 0 Å². The quantitative estimate of drug-likeness (QED) is 0.652. The number of rotatable bonds is 3. The van der Waals surface area contributed by atoms with Crippen LogP contribution in [0.4, 0.5) is 8.78 Å². The number of ketones is 1. The van der Waals surface area contributed by atoms with Gasteiger partial charge in [-0.2, -0.15) is 0 Å². The SMILES string of the molecule is O=C(O)C1(C(=O)c2cc(F)ccc2F)CCC1. The highest BCUT2D eigenvalue weighted by atomic mass is 19.1. The summed E-state index contributed by atoms with van der Waals surface area (Å²) >= 11 is 0. The standard InChI is InChI=1S/C12H10F2O3/c13-7-2-3-9(14)8(6-7)10(15)12(11(16)17)4-1-5-12/h2-3,6H,1,4-5H2,(H,16,17). The molecule has 0 unspecified atom stereocenters. The second-order valence-electron chi connectivity index (χ2n) is 4.19. The predicted octanol–water partition coefficient (Wildman–Crippen LogP) is 2.40. The Morgan fingerprint density at radius 1 is 1.24 bits per heavy atom. The van der Waals surface area contributed by atoms with Gasteiger partial charge < -0.3 is 5.11 Å². The lowest BCUT2D eigenvalue weighted by Gasteiger charge is -2.35. The van der Waals surface area contributed by atoms with Gasteiger partial charge in [-0.3, -0.25) is 9.59 Å². The van der Waals surface area contributed by atoms with Crippen LogP contribution >= 0.6 is 0 Å². The van der Waals surface area contributed by atoms with Crippen molar-refractivity contribution >= 4 is 11.8 Å². The predicted molar refractivity (Wildman–Crippen MR) is 54.6 cm³/mol. The van der Waals surface area contributed by atoms with Crippen molar-refractivity contribution in [1.29, 1.82) is 0 Å². The molecule has 0 aliphatic heterocycles. The largest absolute Gasteiger partial charge is 0.480 e. The summed E-state index contributed by atoms with van der Waals surface area (Å²) in [4.78, 5) is 23.1. The topological polar surface area (TPSA) is 54.4 Å². The number of aliphatic carboxylic acids is 1. The molecule has 0 radical (unpaired) electrons. The number of hydrogen-bond donors (Lipinski definition) is 1. The van der Waals surface area contributed by atoms with Crippen LogP contribution in [0, 0.1) is 17.0 Å². The first-order valence-electron chi connectivity index (χ1n) is 5.20. The van der Waals surface area contributed by atoms with E-state index in [1.54, 1.807) is 0 Å². The minimum Gasteiger partial charge on any atom is -0.480 e. The zero-order valence-electron chi connectivity index (χ0n) is 8.87. The Morgan fingerprint density at radius 2 is 1.88 bits per heavy atom. The maximum atomic E-state index is 13.4. The fraction of sp³-hybridized carbons (Fsp3) is 0.333. The minimum atomic E-state index is -1.56. The van der Waals surface area contributed by atoms with Crippen LogP contribution in [0.2, 0.25) is 0 Å². The summed E-state index contributed by atoms with van der Waals surface area (Å²) in [6.07, 6.45) is 0.962. The molecule has 0 atom stereocenters. The molecule has 2 rings (SSSR count). The zero-order valence-corrected chi connectivity index (χ0v) is 8.87. The summed E-state index contributed by atoms with van der Waals surface area (Å²) in [6.45, 7) is 0. The average molecular weight is 240 g/mol. The summed E-state index contributed by atoms with van der Waals surface area (Å²) in [5.41, 5.74) is -2.04. The second kappa shape index (κ2) is 3.91. The summed E-state index contributed by atoms with van der Waals surface area (Å²) < 4.78 is 26.3. The number of Topliss-reactive ketones (excluding diaryl/α,β-unsaturated/α-hetero) is 1. The normalized spacial score (nSPS) is 17.3. The van der Waals surface area contributed by atoms with Gasteiger partial charge in [-0.1, -0.05) is 6.42 Å². The van der Waals surface area contributed by atoms with E-state index in [2.05, 4.69) is 0 Å². The van der Waals surface area contributed by atoms with E-state index in [1.165, 1.54) is 0 Å². The third-order valence-corrected chi connectivity index (χ3v) is 3.22. The highest BCUT2D eigenvalue weighted by Gasteiger charge is 2.51. The van der Waals surface area contributed by atoms with Crippen LogP contribution in [-0.2, 0) is 4.79 Å². The van der Waals surface area contributed by atoms with Crippen molar-refractivity contribution in [1.82, 2.24) is 0 Å². The van der Waals surface area contributed by atoms with Crippen molar-refractivity contribution in [2.24, 2.45) is 5.41 Å². The first kappa shape index (κ1) is 11.7. The zero-order chi connectivity index (χ0) is 12.6. The molecule has 1 N–H and O–H groups in total. The van der Waals surface area contributed by atoms with Gasteiger partial charge in [0, 0.05) is 0 Å². The number of carboxylic acids is 1. The highest BCUT2D eigenvalue weighted by molar-refractivity contribution is 6.12. The number of benzene rings is 1. The lowest BCUT2D eigenvalue weighted by Crippen LogP contribution is -2.45. The number of hydrogen-bond acceptors (Lipinski definition) is 2. The minimum absolute atomic E-state index is 0.178. The first-order valence-corrected chi connectivity index (χ1v) is 5.20. The van der Waals surface area contributed by atoms with Crippen molar-refractivity contribution in [2.45, 2.75) is 19.3 Å². The second-order valence-corrected chi connectivity index (χ2v) is 4.19. The fourth-order valence-corrected chi connectivity index (χ4v) is 2.00. The van der Waals surface area contributed by atoms with Gasteiger partial charge in [-0.15, -0.1) is 0 Å². The number of carbonyl (C=O) groups excluding carboxylic acids is 1. The number of halogens is 2. The molecule has 1 aliphatic rings. The van der Waals surface area contributed by atoms with Crippen molar-refractivity contribution in [3.05, 3.63) is 35.4 Å². The molecule has 1 aromatic carbocycles. The van der Waals surface area contributed by atoms with Crippen LogP contribution in [0.15, 0.2) is 18.2 Å². The van der Waals surface area contributed by atoms with Crippen molar-refractivity contribution < 1.29 is 23.5 Å². The van der Waals surface area contributed by atoms with Crippen LogP contribution in [0.1, 0.15) is 29.6 Å². The monoisotopic (exact) mass is 240 g/mol. The maximum absolute atomic E-state index is 13.4. The molecule has 5 heteroatoms. The van der Waals surface area contributed by atoms with E-state index < -0.39 is 34.4 Å². The van der Waals surface area contributed by atoms with E-state index in [1.807, 2.05) is 0 Å². The Hall–Kier alpha value is -1.78. The van der Waals surface area contributed by atoms with Crippen molar-refractivity contribution in [3.8, 4) is 0 Å².